The van der Waals surface area contributed by atoms with Crippen molar-refractivity contribution in [2.24, 2.45) is 0 Å². The molecule has 188 valence electrons. The Labute approximate surface area is 197 Å². The van der Waals surface area contributed by atoms with Crippen molar-refractivity contribution >= 4 is 24.2 Å². The van der Waals surface area contributed by atoms with Gasteiger partial charge in [-0.3, -0.25) is 9.78 Å². The summed E-state index contributed by atoms with van der Waals surface area (Å²) in [5.41, 5.74) is 0.0732. The maximum absolute atomic E-state index is 11.8. The number of benzene rings is 2. The van der Waals surface area contributed by atoms with Crippen molar-refractivity contribution in [3.05, 3.63) is 59.7 Å². The number of methoxy groups -OCH3 is 2. The molecule has 0 spiro atoms. The first-order chi connectivity index (χ1) is 17.0. The molecule has 0 saturated carbocycles. The van der Waals surface area contributed by atoms with Crippen LogP contribution in [0, 0.1) is 0 Å². The molecule has 0 aliphatic heterocycles. The third-order valence-electron chi connectivity index (χ3n) is 3.81. The summed E-state index contributed by atoms with van der Waals surface area (Å²) in [6.07, 6.45) is -2.63. The number of para-hydroxylation sites is 2. The van der Waals surface area contributed by atoms with Gasteiger partial charge in [0, 0.05) is 6.42 Å². The average Bonchev–Trinajstić information content (AvgIpc) is 2.88. The Hall–Kier alpha value is -4.56. The molecule has 0 N–H and O–H groups in total. The highest BCUT2D eigenvalue weighted by Gasteiger charge is 2.17. The van der Waals surface area contributed by atoms with Gasteiger partial charge in [0.15, 0.2) is 0 Å². The van der Waals surface area contributed by atoms with Gasteiger partial charge >= 0.3 is 24.2 Å². The van der Waals surface area contributed by atoms with E-state index >= 15 is 0 Å². The third kappa shape index (κ3) is 9.07. The SMILES string of the molecule is COc1ccccc1C(=O)OOOC(=O)OCCCOC(=O)OOOC(=O)c1ccccc1OC. The Bertz CT molecular complexity index is 926. The van der Waals surface area contributed by atoms with Crippen LogP contribution in [0.4, 0.5) is 9.59 Å². The third-order valence-corrected chi connectivity index (χ3v) is 3.81. The molecule has 2 aromatic rings. The Balaban J connectivity index is 1.52. The lowest BCUT2D eigenvalue weighted by Gasteiger charge is -2.07. The summed E-state index contributed by atoms with van der Waals surface area (Å²) in [6.45, 7) is -0.529. The fourth-order valence-electron chi connectivity index (χ4n) is 2.29. The topological polar surface area (TPSA) is 161 Å². The van der Waals surface area contributed by atoms with Gasteiger partial charge in [-0.1, -0.05) is 24.3 Å². The first kappa shape index (κ1) is 26.7. The van der Waals surface area contributed by atoms with Crippen molar-refractivity contribution in [1.29, 1.82) is 0 Å². The summed E-state index contributed by atoms with van der Waals surface area (Å²) < 4.78 is 19.1. The van der Waals surface area contributed by atoms with Crippen LogP contribution >= 0.6 is 0 Å². The molecule has 0 aromatic heterocycles. The largest absolute Gasteiger partial charge is 0.543 e. The minimum Gasteiger partial charge on any atom is -0.496 e. The molecule has 14 heteroatoms. The van der Waals surface area contributed by atoms with E-state index in [1.165, 1.54) is 38.5 Å². The summed E-state index contributed by atoms with van der Waals surface area (Å²) in [5.74, 6) is -1.50. The van der Waals surface area contributed by atoms with Gasteiger partial charge in [0.2, 0.25) is 0 Å². The number of carbonyl (C=O) groups is 4. The number of ether oxygens (including phenoxy) is 4. The van der Waals surface area contributed by atoms with Gasteiger partial charge in [-0.05, 0) is 24.3 Å². The quantitative estimate of drug-likeness (QED) is 0.182. The second-order valence-corrected chi connectivity index (χ2v) is 6.00. The molecule has 0 aliphatic rings. The van der Waals surface area contributed by atoms with Gasteiger partial charge in [0.1, 0.15) is 22.6 Å². The van der Waals surface area contributed by atoms with E-state index in [1.807, 2.05) is 0 Å². The van der Waals surface area contributed by atoms with Crippen LogP contribution in [-0.2, 0) is 39.1 Å². The number of hydrogen-bond donors (Lipinski definition) is 0. The minimum atomic E-state index is -1.33. The maximum Gasteiger partial charge on any atom is 0.543 e. The number of hydrogen-bond acceptors (Lipinski definition) is 14. The fraction of sp³-hybridized carbons (Fsp3) is 0.238. The van der Waals surface area contributed by atoms with Crippen LogP contribution < -0.4 is 9.47 Å². The molecule has 0 saturated heterocycles. The van der Waals surface area contributed by atoms with Crippen molar-refractivity contribution < 1.29 is 67.8 Å². The van der Waals surface area contributed by atoms with E-state index in [2.05, 4.69) is 39.1 Å². The van der Waals surface area contributed by atoms with E-state index < -0.39 is 24.2 Å². The molecule has 35 heavy (non-hydrogen) atoms. The van der Waals surface area contributed by atoms with Crippen LogP contribution in [0.3, 0.4) is 0 Å². The fourth-order valence-corrected chi connectivity index (χ4v) is 2.29. The summed E-state index contributed by atoms with van der Waals surface area (Å²) in [7, 11) is 2.71. The standard InChI is InChI=1S/C21H20O14/c1-26-16-10-5-3-8-14(16)18(22)30-34-32-20(24)28-12-7-13-29-21(25)33-35-31-19(23)15-9-4-6-11-17(15)27-2/h3-6,8-11H,7,12-13H2,1-2H3. The number of rotatable bonds is 12. The van der Waals surface area contributed by atoms with Crippen molar-refractivity contribution in [2.45, 2.75) is 6.42 Å². The highest BCUT2D eigenvalue weighted by Crippen LogP contribution is 2.19. The highest BCUT2D eigenvalue weighted by atomic mass is 17.5. The number of carbonyl (C=O) groups excluding carboxylic acids is 4. The Morgan fingerprint density at radius 2 is 1.00 bits per heavy atom. The van der Waals surface area contributed by atoms with E-state index in [4.69, 9.17) is 9.47 Å². The molecule has 0 atom stereocenters. The first-order valence-electron chi connectivity index (χ1n) is 9.66. The zero-order valence-electron chi connectivity index (χ0n) is 18.5. The smallest absolute Gasteiger partial charge is 0.496 e. The second-order valence-electron chi connectivity index (χ2n) is 6.00. The van der Waals surface area contributed by atoms with E-state index in [9.17, 15) is 19.2 Å². The molecule has 14 nitrogen and oxygen atoms in total. The molecule has 2 aromatic carbocycles. The highest BCUT2D eigenvalue weighted by molar-refractivity contribution is 5.92. The van der Waals surface area contributed by atoms with Crippen LogP contribution in [0.1, 0.15) is 27.1 Å². The van der Waals surface area contributed by atoms with Crippen LogP contribution in [0.15, 0.2) is 48.5 Å². The van der Waals surface area contributed by atoms with E-state index in [1.54, 1.807) is 24.3 Å². The van der Waals surface area contributed by atoms with E-state index in [0.29, 0.717) is 0 Å². The molecule has 0 heterocycles. The first-order valence-corrected chi connectivity index (χ1v) is 9.66. The minimum absolute atomic E-state index is 0.0200. The van der Waals surface area contributed by atoms with Gasteiger partial charge < -0.3 is 18.9 Å². The van der Waals surface area contributed by atoms with E-state index in [-0.39, 0.29) is 42.3 Å². The molecule has 0 bridgehead atoms. The van der Waals surface area contributed by atoms with Crippen molar-refractivity contribution in [3.63, 3.8) is 0 Å². The monoisotopic (exact) mass is 496 g/mol. The Kier molecular flexibility index (Phi) is 11.1. The summed E-state index contributed by atoms with van der Waals surface area (Å²) >= 11 is 0. The van der Waals surface area contributed by atoms with E-state index in [0.717, 1.165) is 0 Å². The predicted octanol–water partition coefficient (Wildman–Crippen LogP) is 3.11. The zero-order valence-corrected chi connectivity index (χ0v) is 18.5. The maximum atomic E-state index is 11.8. The van der Waals surface area contributed by atoms with Gasteiger partial charge in [-0.25, -0.2) is 29.0 Å². The molecule has 0 amide bonds. The van der Waals surface area contributed by atoms with Gasteiger partial charge in [-0.15, -0.1) is 0 Å². The lowest BCUT2D eigenvalue weighted by molar-refractivity contribution is -0.452. The van der Waals surface area contributed by atoms with Crippen LogP contribution in [0.5, 0.6) is 11.5 Å². The van der Waals surface area contributed by atoms with Crippen molar-refractivity contribution in [2.75, 3.05) is 27.4 Å². The molecular formula is C21H20O14. The predicted molar refractivity (Wildman–Crippen MR) is 108 cm³/mol. The van der Waals surface area contributed by atoms with Gasteiger partial charge in [-0.2, -0.15) is 0 Å². The van der Waals surface area contributed by atoms with Crippen molar-refractivity contribution in [3.8, 4) is 11.5 Å². The summed E-state index contributed by atoms with van der Waals surface area (Å²) in [5, 5.41) is 8.13. The molecule has 2 rings (SSSR count). The molecular weight excluding hydrogens is 476 g/mol. The molecule has 0 aliphatic carbocycles. The van der Waals surface area contributed by atoms with Crippen molar-refractivity contribution in [1.82, 2.24) is 0 Å². The molecule has 0 radical (unpaired) electrons. The normalized spacial score (nSPS) is 9.89. The van der Waals surface area contributed by atoms with Gasteiger partial charge in [0.05, 0.1) is 37.5 Å². The Morgan fingerprint density at radius 1 is 0.600 bits per heavy atom. The average molecular weight is 496 g/mol. The lowest BCUT2D eigenvalue weighted by Crippen LogP contribution is -2.15. The van der Waals surface area contributed by atoms with Gasteiger partial charge in [0.25, 0.3) is 0 Å². The van der Waals surface area contributed by atoms with Crippen LogP contribution in [0.2, 0.25) is 0 Å². The summed E-state index contributed by atoms with van der Waals surface area (Å²) in [6, 6.07) is 12.2. The second kappa shape index (κ2) is 14.6. The van der Waals surface area contributed by atoms with Crippen LogP contribution in [0.25, 0.3) is 0 Å². The lowest BCUT2D eigenvalue weighted by atomic mass is 10.2. The zero-order chi connectivity index (χ0) is 25.5. The molecule has 0 unspecified atom stereocenters. The Morgan fingerprint density at radius 3 is 1.40 bits per heavy atom. The van der Waals surface area contributed by atoms with Crippen LogP contribution in [-0.4, -0.2) is 51.7 Å². The molecule has 0 fully saturated rings. The summed E-state index contributed by atoms with van der Waals surface area (Å²) in [4.78, 5) is 63.2.